The highest BCUT2D eigenvalue weighted by Crippen LogP contribution is 2.24. The number of anilines is 1. The third-order valence-corrected chi connectivity index (χ3v) is 4.14. The molecule has 1 unspecified atom stereocenters. The molecule has 0 saturated carbocycles. The first kappa shape index (κ1) is 19.0. The van der Waals surface area contributed by atoms with Gasteiger partial charge in [-0.05, 0) is 44.9 Å². The minimum atomic E-state index is -0.962. The van der Waals surface area contributed by atoms with Crippen LogP contribution in [-0.4, -0.2) is 54.4 Å². The molecular formula is C18H25FN4O2. The first-order valence-electron chi connectivity index (χ1n) is 8.38. The Bertz CT molecular complexity index is 666. The maximum Gasteiger partial charge on any atom is 0.317 e. The van der Waals surface area contributed by atoms with Gasteiger partial charge in [0.2, 0.25) is 0 Å². The number of carbonyl (C=O) groups is 1. The number of carbonyl (C=O) groups excluding carboxylic acids is 1. The number of nitrogens with zero attached hydrogens (tertiary/aromatic N) is 3. The Kier molecular flexibility index (Phi) is 5.85. The third kappa shape index (κ3) is 5.33. The number of aliphatic hydroxyl groups is 1. The van der Waals surface area contributed by atoms with Gasteiger partial charge in [-0.1, -0.05) is 0 Å². The Labute approximate surface area is 147 Å². The summed E-state index contributed by atoms with van der Waals surface area (Å²) in [6.07, 6.45) is 1.65. The van der Waals surface area contributed by atoms with Crippen LogP contribution in [0.15, 0.2) is 18.2 Å². The van der Waals surface area contributed by atoms with E-state index in [1.54, 1.807) is 33.0 Å². The van der Waals surface area contributed by atoms with Gasteiger partial charge in [0, 0.05) is 26.2 Å². The highest BCUT2D eigenvalue weighted by atomic mass is 19.1. The molecule has 1 atom stereocenters. The number of nitriles is 1. The zero-order chi connectivity index (χ0) is 18.6. The molecule has 6 nitrogen and oxygen atoms in total. The zero-order valence-corrected chi connectivity index (χ0v) is 14.9. The van der Waals surface area contributed by atoms with Crippen LogP contribution >= 0.6 is 0 Å². The van der Waals surface area contributed by atoms with E-state index in [2.05, 4.69) is 5.32 Å². The van der Waals surface area contributed by atoms with Gasteiger partial charge in [-0.15, -0.1) is 0 Å². The van der Waals surface area contributed by atoms with Crippen molar-refractivity contribution in [2.75, 3.05) is 31.6 Å². The van der Waals surface area contributed by atoms with Crippen LogP contribution in [0.5, 0.6) is 0 Å². The summed E-state index contributed by atoms with van der Waals surface area (Å²) in [6, 6.07) is 6.01. The number of amides is 2. The minimum Gasteiger partial charge on any atom is -0.389 e. The number of piperidine rings is 1. The quantitative estimate of drug-likeness (QED) is 0.873. The van der Waals surface area contributed by atoms with E-state index in [4.69, 9.17) is 5.26 Å². The van der Waals surface area contributed by atoms with Crippen molar-refractivity contribution < 1.29 is 14.3 Å². The fraction of sp³-hybridized carbons (Fsp3) is 0.556. The molecule has 1 saturated heterocycles. The van der Waals surface area contributed by atoms with E-state index in [1.807, 2.05) is 11.0 Å². The monoisotopic (exact) mass is 348 g/mol. The number of hydrogen-bond donors (Lipinski definition) is 2. The fourth-order valence-electron chi connectivity index (χ4n) is 3.08. The van der Waals surface area contributed by atoms with Gasteiger partial charge in [-0.25, -0.2) is 9.18 Å². The van der Waals surface area contributed by atoms with Crippen molar-refractivity contribution in [3.05, 3.63) is 29.6 Å². The zero-order valence-electron chi connectivity index (χ0n) is 14.9. The smallest absolute Gasteiger partial charge is 0.317 e. The first-order chi connectivity index (χ1) is 11.7. The van der Waals surface area contributed by atoms with Crippen molar-refractivity contribution in [1.29, 1.82) is 5.26 Å². The van der Waals surface area contributed by atoms with E-state index in [1.165, 1.54) is 11.0 Å². The summed E-state index contributed by atoms with van der Waals surface area (Å²) in [5.74, 6) is -0.426. The van der Waals surface area contributed by atoms with E-state index in [0.29, 0.717) is 18.8 Å². The molecule has 1 fully saturated rings. The predicted molar refractivity (Wildman–Crippen MR) is 93.8 cm³/mol. The molecule has 0 aromatic heterocycles. The molecule has 1 heterocycles. The fourth-order valence-corrected chi connectivity index (χ4v) is 3.08. The lowest BCUT2D eigenvalue weighted by molar-refractivity contribution is 0.0527. The van der Waals surface area contributed by atoms with Gasteiger partial charge in [0.1, 0.15) is 5.82 Å². The molecule has 0 bridgehead atoms. The van der Waals surface area contributed by atoms with Crippen LogP contribution in [0, 0.1) is 17.1 Å². The summed E-state index contributed by atoms with van der Waals surface area (Å²) in [5.41, 5.74) is -0.227. The molecule has 25 heavy (non-hydrogen) atoms. The molecule has 1 aliphatic heterocycles. The van der Waals surface area contributed by atoms with Crippen molar-refractivity contribution in [2.24, 2.45) is 0 Å². The van der Waals surface area contributed by atoms with E-state index >= 15 is 0 Å². The second kappa shape index (κ2) is 7.70. The van der Waals surface area contributed by atoms with E-state index in [-0.39, 0.29) is 24.2 Å². The Morgan fingerprint density at radius 2 is 2.28 bits per heavy atom. The summed E-state index contributed by atoms with van der Waals surface area (Å²) in [5, 5.41) is 21.6. The lowest BCUT2D eigenvalue weighted by Gasteiger charge is -2.36. The summed E-state index contributed by atoms with van der Waals surface area (Å²) in [4.78, 5) is 15.6. The predicted octanol–water partition coefficient (Wildman–Crippen LogP) is 2.08. The highest BCUT2D eigenvalue weighted by Gasteiger charge is 2.26. The Morgan fingerprint density at radius 3 is 2.88 bits per heavy atom. The molecule has 136 valence electrons. The standard InChI is InChI=1S/C18H25FN4O2/c1-18(2,25)12-22(3)17(24)21-14-5-4-8-23(11-14)16-7-6-13(10-20)9-15(16)19/h6-7,9,14,25H,4-5,8,11-12H2,1-3H3,(H,21,24). The van der Waals surface area contributed by atoms with Gasteiger partial charge < -0.3 is 20.2 Å². The Hall–Kier alpha value is -2.33. The van der Waals surface area contributed by atoms with E-state index in [0.717, 1.165) is 12.8 Å². The van der Waals surface area contributed by atoms with Crippen LogP contribution in [0.4, 0.5) is 14.9 Å². The van der Waals surface area contributed by atoms with Gasteiger partial charge in [0.15, 0.2) is 0 Å². The maximum atomic E-state index is 14.2. The molecule has 7 heteroatoms. The molecule has 2 amide bonds. The van der Waals surface area contributed by atoms with Crippen LogP contribution in [0.3, 0.4) is 0 Å². The highest BCUT2D eigenvalue weighted by molar-refractivity contribution is 5.74. The van der Waals surface area contributed by atoms with Gasteiger partial charge in [-0.2, -0.15) is 5.26 Å². The number of nitrogens with one attached hydrogen (secondary N) is 1. The maximum absolute atomic E-state index is 14.2. The third-order valence-electron chi connectivity index (χ3n) is 4.14. The van der Waals surface area contributed by atoms with Gasteiger partial charge in [0.25, 0.3) is 0 Å². The molecule has 0 radical (unpaired) electrons. The molecule has 0 spiro atoms. The average Bonchev–Trinajstić information content (AvgIpc) is 2.53. The topological polar surface area (TPSA) is 79.6 Å². The Morgan fingerprint density at radius 1 is 1.56 bits per heavy atom. The lowest BCUT2D eigenvalue weighted by Crippen LogP contribution is -2.52. The van der Waals surface area contributed by atoms with Gasteiger partial charge in [-0.3, -0.25) is 0 Å². The second-order valence-corrected chi connectivity index (χ2v) is 7.18. The summed E-state index contributed by atoms with van der Waals surface area (Å²) in [6.45, 7) is 4.72. The largest absolute Gasteiger partial charge is 0.389 e. The molecule has 1 aromatic rings. The summed E-state index contributed by atoms with van der Waals surface area (Å²) < 4.78 is 14.2. The first-order valence-corrected chi connectivity index (χ1v) is 8.38. The lowest BCUT2D eigenvalue weighted by atomic mass is 10.0. The van der Waals surface area contributed by atoms with Crippen molar-refractivity contribution in [3.63, 3.8) is 0 Å². The molecule has 1 aromatic carbocycles. The van der Waals surface area contributed by atoms with Crippen LogP contribution in [-0.2, 0) is 0 Å². The number of rotatable bonds is 4. The van der Waals surface area contributed by atoms with Crippen molar-refractivity contribution in [2.45, 2.75) is 38.3 Å². The minimum absolute atomic E-state index is 0.0967. The van der Waals surface area contributed by atoms with Crippen LogP contribution in [0.1, 0.15) is 32.3 Å². The van der Waals surface area contributed by atoms with E-state index in [9.17, 15) is 14.3 Å². The summed E-state index contributed by atoms with van der Waals surface area (Å²) >= 11 is 0. The van der Waals surface area contributed by atoms with E-state index < -0.39 is 11.4 Å². The second-order valence-electron chi connectivity index (χ2n) is 7.18. The Balaban J connectivity index is 1.99. The summed E-state index contributed by atoms with van der Waals surface area (Å²) in [7, 11) is 1.63. The molecule has 1 aliphatic rings. The SMILES string of the molecule is CN(CC(C)(C)O)C(=O)NC1CCCN(c2ccc(C#N)cc2F)C1. The number of urea groups is 1. The number of hydrogen-bond acceptors (Lipinski definition) is 4. The molecule has 0 aliphatic carbocycles. The van der Waals surface area contributed by atoms with Gasteiger partial charge >= 0.3 is 6.03 Å². The normalized spacial score (nSPS) is 17.8. The van der Waals surface area contributed by atoms with Crippen LogP contribution in [0.25, 0.3) is 0 Å². The van der Waals surface area contributed by atoms with Crippen LogP contribution in [0.2, 0.25) is 0 Å². The van der Waals surface area contributed by atoms with Crippen LogP contribution < -0.4 is 10.2 Å². The number of benzene rings is 1. The number of likely N-dealkylation sites (N-methyl/N-ethyl adjacent to an activating group) is 1. The average molecular weight is 348 g/mol. The van der Waals surface area contributed by atoms with Crippen molar-refractivity contribution in [3.8, 4) is 6.07 Å². The number of halogens is 1. The van der Waals surface area contributed by atoms with Gasteiger partial charge in [0.05, 0.1) is 29.5 Å². The molecule has 2 rings (SSSR count). The van der Waals surface area contributed by atoms with Crippen molar-refractivity contribution >= 4 is 11.7 Å². The van der Waals surface area contributed by atoms with Crippen molar-refractivity contribution in [1.82, 2.24) is 10.2 Å². The molecular weight excluding hydrogens is 323 g/mol. The molecule has 2 N–H and O–H groups in total.